The summed E-state index contributed by atoms with van der Waals surface area (Å²) in [6, 6.07) is 11.9. The second-order valence-electron chi connectivity index (χ2n) is 7.55. The predicted molar refractivity (Wildman–Crippen MR) is 120 cm³/mol. The maximum Gasteiger partial charge on any atom is 0.352 e. The molecule has 0 aliphatic carbocycles. The zero-order chi connectivity index (χ0) is 22.3. The minimum atomic E-state index is -0.421. The number of rotatable bonds is 5. The van der Waals surface area contributed by atoms with E-state index >= 15 is 0 Å². The highest BCUT2D eigenvalue weighted by atomic mass is 35.5. The van der Waals surface area contributed by atoms with Gasteiger partial charge in [0.15, 0.2) is 0 Å². The number of nitrogens with one attached hydrogen (secondary N) is 1. The number of hydrogen-bond donors (Lipinski definition) is 1. The van der Waals surface area contributed by atoms with Crippen molar-refractivity contribution in [3.05, 3.63) is 79.5 Å². The van der Waals surface area contributed by atoms with Gasteiger partial charge in [0.25, 0.3) is 11.5 Å². The van der Waals surface area contributed by atoms with E-state index in [9.17, 15) is 14.4 Å². The maximum atomic E-state index is 13.2. The Kier molecular flexibility index (Phi) is 5.41. The molecule has 4 rings (SSSR count). The summed E-state index contributed by atoms with van der Waals surface area (Å²) in [6.45, 7) is 4.05. The maximum absolute atomic E-state index is 13.2. The number of nitrogens with zero attached hydrogens (tertiary/aromatic N) is 4. The third-order valence-corrected chi connectivity index (χ3v) is 5.79. The average molecular weight is 440 g/mol. The van der Waals surface area contributed by atoms with E-state index in [2.05, 4.69) is 10.4 Å². The highest BCUT2D eigenvalue weighted by Gasteiger charge is 2.18. The standard InChI is InChI=1S/C22H22ClN5O3/c1-4-13(2)24-19(29)14-9-10-16-18(11-14)28-21(26(3)20(16)30)25-27(22(28)31)12-15-7-5-6-8-17(15)23/h5-11,13H,4,12H2,1-3H3,(H,24,29). The lowest BCUT2D eigenvalue weighted by Gasteiger charge is -2.12. The Morgan fingerprint density at radius 1 is 1.19 bits per heavy atom. The first-order valence-electron chi connectivity index (χ1n) is 9.98. The molecule has 8 nitrogen and oxygen atoms in total. The SMILES string of the molecule is CCC(C)NC(=O)c1ccc2c(=O)n(C)c3nn(Cc4ccccc4Cl)c(=O)n3c2c1. The Morgan fingerprint density at radius 2 is 1.94 bits per heavy atom. The lowest BCUT2D eigenvalue weighted by Crippen LogP contribution is -2.32. The van der Waals surface area contributed by atoms with Crippen LogP contribution in [0, 0.1) is 0 Å². The smallest absolute Gasteiger partial charge is 0.350 e. The second kappa shape index (κ2) is 8.03. The number of fused-ring (bicyclic) bond motifs is 3. The van der Waals surface area contributed by atoms with Crippen molar-refractivity contribution in [3.8, 4) is 0 Å². The van der Waals surface area contributed by atoms with E-state index in [1.165, 1.54) is 13.6 Å². The number of aryl methyl sites for hydroxylation is 1. The van der Waals surface area contributed by atoms with Crippen LogP contribution in [-0.2, 0) is 13.6 Å². The van der Waals surface area contributed by atoms with Crippen molar-refractivity contribution in [2.24, 2.45) is 7.05 Å². The molecule has 31 heavy (non-hydrogen) atoms. The van der Waals surface area contributed by atoms with E-state index < -0.39 is 5.69 Å². The van der Waals surface area contributed by atoms with Crippen molar-refractivity contribution < 1.29 is 4.79 Å². The summed E-state index contributed by atoms with van der Waals surface area (Å²) in [4.78, 5) is 38.7. The molecule has 160 valence electrons. The number of amides is 1. The summed E-state index contributed by atoms with van der Waals surface area (Å²) in [5, 5.41) is 8.12. The molecule has 1 atom stereocenters. The van der Waals surface area contributed by atoms with Gasteiger partial charge in [0.1, 0.15) is 0 Å². The predicted octanol–water partition coefficient (Wildman–Crippen LogP) is 2.58. The Balaban J connectivity index is 1.92. The summed E-state index contributed by atoms with van der Waals surface area (Å²) < 4.78 is 3.95. The first kappa shape index (κ1) is 20.9. The molecule has 2 heterocycles. The summed E-state index contributed by atoms with van der Waals surface area (Å²) in [5.74, 6) is -0.0735. The molecule has 4 aromatic rings. The largest absolute Gasteiger partial charge is 0.352 e. The number of carbonyl (C=O) groups excluding carboxylic acids is 1. The molecule has 9 heteroatoms. The molecule has 0 saturated carbocycles. The van der Waals surface area contributed by atoms with E-state index in [4.69, 9.17) is 11.6 Å². The zero-order valence-electron chi connectivity index (χ0n) is 17.4. The van der Waals surface area contributed by atoms with Gasteiger partial charge in [0.2, 0.25) is 5.78 Å². The number of benzene rings is 2. The summed E-state index contributed by atoms with van der Waals surface area (Å²) in [7, 11) is 1.56. The molecular weight excluding hydrogens is 418 g/mol. The fraction of sp³-hybridized carbons (Fsp3) is 0.273. The van der Waals surface area contributed by atoms with E-state index in [-0.39, 0.29) is 29.8 Å². The van der Waals surface area contributed by atoms with Gasteiger partial charge in [0, 0.05) is 23.7 Å². The van der Waals surface area contributed by atoms with Gasteiger partial charge in [-0.15, -0.1) is 5.10 Å². The molecule has 0 saturated heterocycles. The molecule has 0 aliphatic heterocycles. The van der Waals surface area contributed by atoms with Gasteiger partial charge in [0.05, 0.1) is 17.4 Å². The number of aromatic nitrogens is 4. The van der Waals surface area contributed by atoms with Crippen LogP contribution in [-0.4, -0.2) is 30.7 Å². The quantitative estimate of drug-likeness (QED) is 0.517. The average Bonchev–Trinajstić information content (AvgIpc) is 3.09. The summed E-state index contributed by atoms with van der Waals surface area (Å²) in [5.41, 5.74) is 0.720. The van der Waals surface area contributed by atoms with Crippen LogP contribution in [0.2, 0.25) is 5.02 Å². The lowest BCUT2D eigenvalue weighted by molar-refractivity contribution is 0.0939. The van der Waals surface area contributed by atoms with Crippen LogP contribution in [0.1, 0.15) is 36.2 Å². The molecule has 1 N–H and O–H groups in total. The van der Waals surface area contributed by atoms with E-state index in [1.807, 2.05) is 32.0 Å². The normalized spacial score (nSPS) is 12.4. The topological polar surface area (TPSA) is 90.4 Å². The molecule has 2 aromatic heterocycles. The minimum Gasteiger partial charge on any atom is -0.350 e. The van der Waals surface area contributed by atoms with Gasteiger partial charge in [-0.1, -0.05) is 36.7 Å². The van der Waals surface area contributed by atoms with Crippen molar-refractivity contribution in [3.63, 3.8) is 0 Å². The zero-order valence-corrected chi connectivity index (χ0v) is 18.2. The molecule has 0 bridgehead atoms. The van der Waals surface area contributed by atoms with Crippen molar-refractivity contribution in [2.75, 3.05) is 0 Å². The third kappa shape index (κ3) is 3.63. The van der Waals surface area contributed by atoms with Gasteiger partial charge >= 0.3 is 5.69 Å². The number of hydrogen-bond acceptors (Lipinski definition) is 4. The van der Waals surface area contributed by atoms with Crippen LogP contribution >= 0.6 is 11.6 Å². The van der Waals surface area contributed by atoms with Gasteiger partial charge in [-0.05, 0) is 43.2 Å². The van der Waals surface area contributed by atoms with Crippen LogP contribution < -0.4 is 16.6 Å². The van der Waals surface area contributed by atoms with E-state index in [0.717, 1.165) is 12.0 Å². The molecule has 0 spiro atoms. The molecule has 1 amide bonds. The number of carbonyl (C=O) groups is 1. The summed E-state index contributed by atoms with van der Waals surface area (Å²) in [6.07, 6.45) is 0.790. The monoisotopic (exact) mass is 439 g/mol. The summed E-state index contributed by atoms with van der Waals surface area (Å²) >= 11 is 6.24. The second-order valence-corrected chi connectivity index (χ2v) is 7.95. The van der Waals surface area contributed by atoms with Crippen LogP contribution in [0.4, 0.5) is 0 Å². The first-order chi connectivity index (χ1) is 14.8. The van der Waals surface area contributed by atoms with Crippen LogP contribution in [0.5, 0.6) is 0 Å². The minimum absolute atomic E-state index is 0.00736. The Bertz CT molecular complexity index is 1430. The molecule has 0 fully saturated rings. The van der Waals surface area contributed by atoms with E-state index in [1.54, 1.807) is 31.3 Å². The molecule has 0 aliphatic rings. The van der Waals surface area contributed by atoms with Crippen molar-refractivity contribution >= 4 is 34.2 Å². The molecule has 1 unspecified atom stereocenters. The Morgan fingerprint density at radius 3 is 2.65 bits per heavy atom. The lowest BCUT2D eigenvalue weighted by atomic mass is 10.1. The highest BCUT2D eigenvalue weighted by Crippen LogP contribution is 2.17. The molecular formula is C22H22ClN5O3. The fourth-order valence-corrected chi connectivity index (χ4v) is 3.63. The fourth-order valence-electron chi connectivity index (χ4n) is 3.43. The van der Waals surface area contributed by atoms with Crippen molar-refractivity contribution in [2.45, 2.75) is 32.9 Å². The van der Waals surface area contributed by atoms with Crippen molar-refractivity contribution in [1.29, 1.82) is 0 Å². The molecule has 0 radical (unpaired) electrons. The van der Waals surface area contributed by atoms with Crippen molar-refractivity contribution in [1.82, 2.24) is 24.1 Å². The van der Waals surface area contributed by atoms with Gasteiger partial charge in [-0.2, -0.15) is 0 Å². The van der Waals surface area contributed by atoms with Crippen LogP contribution in [0.25, 0.3) is 16.7 Å². The van der Waals surface area contributed by atoms with Crippen LogP contribution in [0.15, 0.2) is 52.1 Å². The van der Waals surface area contributed by atoms with Gasteiger partial charge in [-0.25, -0.2) is 13.9 Å². The third-order valence-electron chi connectivity index (χ3n) is 5.43. The van der Waals surface area contributed by atoms with Crippen LogP contribution in [0.3, 0.4) is 0 Å². The molecule has 2 aromatic carbocycles. The Labute approximate surface area is 182 Å². The highest BCUT2D eigenvalue weighted by molar-refractivity contribution is 6.31. The Hall–Kier alpha value is -3.39. The van der Waals surface area contributed by atoms with E-state index in [0.29, 0.717) is 21.5 Å². The number of halogens is 1. The van der Waals surface area contributed by atoms with Gasteiger partial charge < -0.3 is 5.32 Å². The van der Waals surface area contributed by atoms with Gasteiger partial charge in [-0.3, -0.25) is 14.2 Å². The first-order valence-corrected chi connectivity index (χ1v) is 10.4.